The summed E-state index contributed by atoms with van der Waals surface area (Å²) in [6.45, 7) is 5.56. The average Bonchev–Trinajstić information content (AvgIpc) is 3.28. The summed E-state index contributed by atoms with van der Waals surface area (Å²) in [5, 5.41) is 5.72. The Hall–Kier alpha value is -2.77. The molecule has 0 saturated carbocycles. The number of benzene rings is 1. The molecule has 4 rings (SSSR count). The summed E-state index contributed by atoms with van der Waals surface area (Å²) in [5.74, 6) is 0.0621. The Labute approximate surface area is 174 Å². The normalized spacial score (nSPS) is 14.9. The standard InChI is InChI=1S/C22H24N4O2S/c1-2-23-21(27)15-25-9-11-26(12-10-25)22(28)17-14-19(20-8-5-13-29-20)24-18-7-4-3-6-16(17)18/h3-8,13-14H,2,9-12,15H2,1H3,(H,23,27). The SMILES string of the molecule is CCNC(=O)CN1CCN(C(=O)c2cc(-c3cccs3)nc3ccccc23)CC1. The molecule has 0 radical (unpaired) electrons. The highest BCUT2D eigenvalue weighted by Gasteiger charge is 2.25. The minimum absolute atomic E-state index is 0.0269. The Balaban J connectivity index is 1.55. The van der Waals surface area contributed by atoms with Crippen molar-refractivity contribution in [1.29, 1.82) is 0 Å². The summed E-state index contributed by atoms with van der Waals surface area (Å²) in [5.41, 5.74) is 2.35. The van der Waals surface area contributed by atoms with E-state index in [0.717, 1.165) is 21.5 Å². The molecule has 1 aliphatic rings. The first-order valence-corrected chi connectivity index (χ1v) is 10.8. The average molecular weight is 409 g/mol. The predicted octanol–water partition coefficient (Wildman–Crippen LogP) is 2.86. The molecule has 29 heavy (non-hydrogen) atoms. The van der Waals surface area contributed by atoms with Crippen molar-refractivity contribution in [3.8, 4) is 10.6 Å². The Morgan fingerprint density at radius 1 is 1.10 bits per heavy atom. The van der Waals surface area contributed by atoms with Gasteiger partial charge in [0.15, 0.2) is 0 Å². The van der Waals surface area contributed by atoms with Gasteiger partial charge in [-0.2, -0.15) is 0 Å². The minimum Gasteiger partial charge on any atom is -0.355 e. The van der Waals surface area contributed by atoms with E-state index in [9.17, 15) is 9.59 Å². The van der Waals surface area contributed by atoms with Crippen molar-refractivity contribution in [2.45, 2.75) is 6.92 Å². The number of thiophene rings is 1. The number of likely N-dealkylation sites (N-methyl/N-ethyl adjacent to an activating group) is 1. The zero-order valence-corrected chi connectivity index (χ0v) is 17.2. The highest BCUT2D eigenvalue weighted by Crippen LogP contribution is 2.28. The Morgan fingerprint density at radius 3 is 2.62 bits per heavy atom. The topological polar surface area (TPSA) is 65.5 Å². The number of carbonyl (C=O) groups excluding carboxylic acids is 2. The molecule has 1 fully saturated rings. The van der Waals surface area contributed by atoms with Crippen LogP contribution in [0.1, 0.15) is 17.3 Å². The molecular weight excluding hydrogens is 384 g/mol. The second kappa shape index (κ2) is 8.71. The Morgan fingerprint density at radius 2 is 1.90 bits per heavy atom. The van der Waals surface area contributed by atoms with Crippen LogP contribution in [0.2, 0.25) is 0 Å². The van der Waals surface area contributed by atoms with Gasteiger partial charge in [0.25, 0.3) is 5.91 Å². The number of fused-ring (bicyclic) bond motifs is 1. The number of pyridine rings is 1. The Bertz CT molecular complexity index is 1010. The van der Waals surface area contributed by atoms with Crippen LogP contribution in [0.3, 0.4) is 0 Å². The molecule has 0 spiro atoms. The van der Waals surface area contributed by atoms with Crippen LogP contribution in [0.15, 0.2) is 47.8 Å². The fourth-order valence-electron chi connectivity index (χ4n) is 3.64. The summed E-state index contributed by atoms with van der Waals surface area (Å²) >= 11 is 1.62. The van der Waals surface area contributed by atoms with Crippen LogP contribution < -0.4 is 5.32 Å². The van der Waals surface area contributed by atoms with Crippen LogP contribution in [0, 0.1) is 0 Å². The Kier molecular flexibility index (Phi) is 5.87. The van der Waals surface area contributed by atoms with Crippen molar-refractivity contribution >= 4 is 34.1 Å². The quantitative estimate of drug-likeness (QED) is 0.705. The summed E-state index contributed by atoms with van der Waals surface area (Å²) in [4.78, 5) is 35.0. The van der Waals surface area contributed by atoms with Crippen LogP contribution in [-0.2, 0) is 4.79 Å². The van der Waals surface area contributed by atoms with Gasteiger partial charge in [-0.3, -0.25) is 14.5 Å². The third-order valence-corrected chi connectivity index (χ3v) is 6.01. The highest BCUT2D eigenvalue weighted by molar-refractivity contribution is 7.13. The lowest BCUT2D eigenvalue weighted by Crippen LogP contribution is -2.51. The van der Waals surface area contributed by atoms with Gasteiger partial charge in [-0.1, -0.05) is 24.3 Å². The van der Waals surface area contributed by atoms with Crippen molar-refractivity contribution in [3.05, 3.63) is 53.4 Å². The number of amides is 2. The first-order valence-electron chi connectivity index (χ1n) is 9.87. The van der Waals surface area contributed by atoms with Crippen molar-refractivity contribution < 1.29 is 9.59 Å². The van der Waals surface area contributed by atoms with E-state index in [1.165, 1.54) is 0 Å². The van der Waals surface area contributed by atoms with Crippen LogP contribution >= 0.6 is 11.3 Å². The van der Waals surface area contributed by atoms with Crippen molar-refractivity contribution in [3.63, 3.8) is 0 Å². The van der Waals surface area contributed by atoms with E-state index < -0.39 is 0 Å². The van der Waals surface area contributed by atoms with Crippen molar-refractivity contribution in [2.24, 2.45) is 0 Å². The molecule has 3 aromatic rings. The van der Waals surface area contributed by atoms with Crippen LogP contribution in [0.25, 0.3) is 21.5 Å². The second-order valence-corrected chi connectivity index (χ2v) is 8.02. The van der Waals surface area contributed by atoms with Gasteiger partial charge in [-0.05, 0) is 30.5 Å². The predicted molar refractivity (Wildman–Crippen MR) is 116 cm³/mol. The smallest absolute Gasteiger partial charge is 0.254 e. The maximum absolute atomic E-state index is 13.4. The molecule has 1 aliphatic heterocycles. The summed E-state index contributed by atoms with van der Waals surface area (Å²) in [6.07, 6.45) is 0. The number of carbonyl (C=O) groups is 2. The highest BCUT2D eigenvalue weighted by atomic mass is 32.1. The van der Waals surface area contributed by atoms with Gasteiger partial charge in [-0.15, -0.1) is 11.3 Å². The van der Waals surface area contributed by atoms with Gasteiger partial charge < -0.3 is 10.2 Å². The van der Waals surface area contributed by atoms with Crippen LogP contribution in [0.4, 0.5) is 0 Å². The fraction of sp³-hybridized carbons (Fsp3) is 0.318. The number of nitrogens with zero attached hydrogens (tertiary/aromatic N) is 3. The maximum atomic E-state index is 13.4. The molecule has 1 saturated heterocycles. The first-order chi connectivity index (χ1) is 14.2. The first kappa shape index (κ1) is 19.5. The number of aromatic nitrogens is 1. The second-order valence-electron chi connectivity index (χ2n) is 7.07. The van der Waals surface area contributed by atoms with E-state index in [4.69, 9.17) is 4.98 Å². The molecule has 0 bridgehead atoms. The van der Waals surface area contributed by atoms with E-state index >= 15 is 0 Å². The monoisotopic (exact) mass is 408 g/mol. The number of rotatable bonds is 5. The third kappa shape index (κ3) is 4.31. The lowest BCUT2D eigenvalue weighted by molar-refractivity contribution is -0.122. The molecule has 3 heterocycles. The zero-order chi connectivity index (χ0) is 20.2. The summed E-state index contributed by atoms with van der Waals surface area (Å²) < 4.78 is 0. The van der Waals surface area contributed by atoms with E-state index in [2.05, 4.69) is 10.2 Å². The van der Waals surface area contributed by atoms with Gasteiger partial charge in [0.2, 0.25) is 5.91 Å². The molecule has 1 aromatic carbocycles. The van der Waals surface area contributed by atoms with Crippen molar-refractivity contribution in [2.75, 3.05) is 39.3 Å². The number of hydrogen-bond acceptors (Lipinski definition) is 5. The minimum atomic E-state index is 0.0269. The maximum Gasteiger partial charge on any atom is 0.254 e. The molecule has 6 nitrogen and oxygen atoms in total. The third-order valence-electron chi connectivity index (χ3n) is 5.12. The molecular formula is C22H24N4O2S. The fourth-order valence-corrected chi connectivity index (χ4v) is 4.32. The van der Waals surface area contributed by atoms with Gasteiger partial charge >= 0.3 is 0 Å². The molecule has 150 valence electrons. The number of nitrogens with one attached hydrogen (secondary N) is 1. The molecule has 2 amide bonds. The van der Waals surface area contributed by atoms with Gasteiger partial charge in [0, 0.05) is 38.1 Å². The molecule has 7 heteroatoms. The molecule has 2 aromatic heterocycles. The summed E-state index contributed by atoms with van der Waals surface area (Å²) in [7, 11) is 0. The molecule has 1 N–H and O–H groups in total. The van der Waals surface area contributed by atoms with Gasteiger partial charge in [-0.25, -0.2) is 4.98 Å². The lowest BCUT2D eigenvalue weighted by Gasteiger charge is -2.34. The van der Waals surface area contributed by atoms with E-state index in [-0.39, 0.29) is 11.8 Å². The number of piperazine rings is 1. The molecule has 0 aliphatic carbocycles. The van der Waals surface area contributed by atoms with Crippen LogP contribution in [-0.4, -0.2) is 65.9 Å². The van der Waals surface area contributed by atoms with Gasteiger partial charge in [0.1, 0.15) is 0 Å². The van der Waals surface area contributed by atoms with E-state index in [1.54, 1.807) is 11.3 Å². The van der Waals surface area contributed by atoms with Crippen molar-refractivity contribution in [1.82, 2.24) is 20.1 Å². The van der Waals surface area contributed by atoms with E-state index in [0.29, 0.717) is 44.8 Å². The molecule has 0 unspecified atom stereocenters. The summed E-state index contributed by atoms with van der Waals surface area (Å²) in [6, 6.07) is 13.7. The largest absolute Gasteiger partial charge is 0.355 e. The number of para-hydroxylation sites is 1. The number of hydrogen-bond donors (Lipinski definition) is 1. The van der Waals surface area contributed by atoms with Crippen LogP contribution in [0.5, 0.6) is 0 Å². The molecule has 0 atom stereocenters. The lowest BCUT2D eigenvalue weighted by atomic mass is 10.1. The van der Waals surface area contributed by atoms with Gasteiger partial charge in [0.05, 0.1) is 28.2 Å². The zero-order valence-electron chi connectivity index (χ0n) is 16.4. The van der Waals surface area contributed by atoms with E-state index in [1.807, 2.05) is 59.7 Å².